The Kier molecular flexibility index (Phi) is 4.43. The van der Waals surface area contributed by atoms with Crippen LogP contribution in [0.4, 0.5) is 20.5 Å². The number of amides is 1. The van der Waals surface area contributed by atoms with Crippen molar-refractivity contribution < 1.29 is 13.6 Å². The van der Waals surface area contributed by atoms with Gasteiger partial charge in [-0.3, -0.25) is 4.79 Å². The standard InChI is InChI=1S/C22H30F2N6O/c1-13-3-7-30(13)21-26-19-14(2-4-22(19,23)24)20(27-21)29-11-16-15(17(16)12-29)10-18(31)28-8-5-25-6-9-28/h13,15-17,25H,2-12H2,1H3/t13-,15?,16-,17+/m0/s1. The van der Waals surface area contributed by atoms with Gasteiger partial charge in [0.25, 0.3) is 5.92 Å². The maximum atomic E-state index is 14.6. The van der Waals surface area contributed by atoms with Crippen LogP contribution in [0.3, 0.4) is 0 Å². The number of nitrogens with zero attached hydrogens (tertiary/aromatic N) is 5. The summed E-state index contributed by atoms with van der Waals surface area (Å²) in [7, 11) is 0. The number of piperazine rings is 1. The highest BCUT2D eigenvalue weighted by molar-refractivity contribution is 5.77. The van der Waals surface area contributed by atoms with Crippen LogP contribution in [0.25, 0.3) is 0 Å². The summed E-state index contributed by atoms with van der Waals surface area (Å²) in [6.45, 7) is 7.88. The van der Waals surface area contributed by atoms with E-state index in [1.165, 1.54) is 0 Å². The summed E-state index contributed by atoms with van der Waals surface area (Å²) in [4.78, 5) is 28.0. The predicted molar refractivity (Wildman–Crippen MR) is 112 cm³/mol. The molecule has 1 unspecified atom stereocenters. The Morgan fingerprint density at radius 1 is 1.16 bits per heavy atom. The molecule has 4 atom stereocenters. The molecular weight excluding hydrogens is 402 g/mol. The second-order valence-electron chi connectivity index (χ2n) is 9.94. The van der Waals surface area contributed by atoms with Crippen molar-refractivity contribution >= 4 is 17.7 Å². The van der Waals surface area contributed by atoms with E-state index in [2.05, 4.69) is 22.1 Å². The molecule has 1 aromatic heterocycles. The molecule has 4 fully saturated rings. The second kappa shape index (κ2) is 6.98. The number of carbonyl (C=O) groups is 1. The minimum atomic E-state index is -2.86. The molecule has 1 saturated carbocycles. The van der Waals surface area contributed by atoms with E-state index in [0.29, 0.717) is 48.1 Å². The van der Waals surface area contributed by atoms with Crippen LogP contribution in [0.1, 0.15) is 37.4 Å². The lowest BCUT2D eigenvalue weighted by atomic mass is 10.1. The molecule has 7 nitrogen and oxygen atoms in total. The third kappa shape index (κ3) is 3.18. The largest absolute Gasteiger partial charge is 0.356 e. The van der Waals surface area contributed by atoms with E-state index in [4.69, 9.17) is 4.98 Å². The molecule has 1 amide bonds. The predicted octanol–water partition coefficient (Wildman–Crippen LogP) is 1.62. The van der Waals surface area contributed by atoms with Crippen molar-refractivity contribution in [1.82, 2.24) is 20.2 Å². The number of alkyl halides is 2. The molecule has 5 aliphatic rings. The molecule has 0 bridgehead atoms. The van der Waals surface area contributed by atoms with E-state index < -0.39 is 5.92 Å². The first-order chi connectivity index (χ1) is 14.9. The molecule has 6 rings (SSSR count). The van der Waals surface area contributed by atoms with Gasteiger partial charge in [-0.25, -0.2) is 4.98 Å². The molecule has 1 N–H and O–H groups in total. The molecule has 3 saturated heterocycles. The summed E-state index contributed by atoms with van der Waals surface area (Å²) in [6.07, 6.45) is 1.83. The van der Waals surface area contributed by atoms with Gasteiger partial charge in [-0.05, 0) is 37.5 Å². The van der Waals surface area contributed by atoms with Crippen molar-refractivity contribution in [2.75, 3.05) is 55.6 Å². The van der Waals surface area contributed by atoms with Crippen molar-refractivity contribution in [2.24, 2.45) is 17.8 Å². The van der Waals surface area contributed by atoms with Crippen LogP contribution in [0.2, 0.25) is 0 Å². The fraction of sp³-hybridized carbons (Fsp3) is 0.773. The minimum Gasteiger partial charge on any atom is -0.356 e. The lowest BCUT2D eigenvalue weighted by Crippen LogP contribution is -2.47. The minimum absolute atomic E-state index is 0.0578. The number of aromatic nitrogens is 2. The molecule has 0 radical (unpaired) electrons. The summed E-state index contributed by atoms with van der Waals surface area (Å²) < 4.78 is 29.1. The van der Waals surface area contributed by atoms with Gasteiger partial charge in [0, 0.05) is 70.3 Å². The number of hydrogen-bond donors (Lipinski definition) is 1. The molecular formula is C22H30F2N6O. The SMILES string of the molecule is C[C@H]1CCN1c1nc(N2C[C@@H]3C(CC(=O)N4CCNCC4)[C@@H]3C2)c2c(n1)C(F)(F)CC2. The third-order valence-corrected chi connectivity index (χ3v) is 8.14. The van der Waals surface area contributed by atoms with Crippen molar-refractivity contribution in [3.05, 3.63) is 11.3 Å². The molecule has 31 heavy (non-hydrogen) atoms. The molecule has 0 spiro atoms. The van der Waals surface area contributed by atoms with Gasteiger partial charge < -0.3 is 20.0 Å². The zero-order valence-electron chi connectivity index (χ0n) is 18.0. The number of piperidine rings is 1. The first kappa shape index (κ1) is 19.6. The monoisotopic (exact) mass is 432 g/mol. The third-order valence-electron chi connectivity index (χ3n) is 8.14. The second-order valence-corrected chi connectivity index (χ2v) is 9.94. The number of halogens is 2. The van der Waals surface area contributed by atoms with Crippen LogP contribution in [0.5, 0.6) is 0 Å². The molecule has 2 aliphatic carbocycles. The zero-order chi connectivity index (χ0) is 21.3. The van der Waals surface area contributed by atoms with Crippen molar-refractivity contribution in [2.45, 2.75) is 44.6 Å². The number of rotatable bonds is 4. The van der Waals surface area contributed by atoms with Crippen molar-refractivity contribution in [1.29, 1.82) is 0 Å². The normalized spacial score (nSPS) is 33.2. The number of hydrogen-bond acceptors (Lipinski definition) is 6. The quantitative estimate of drug-likeness (QED) is 0.780. The van der Waals surface area contributed by atoms with Gasteiger partial charge in [-0.15, -0.1) is 0 Å². The Morgan fingerprint density at radius 3 is 2.55 bits per heavy atom. The number of carbonyl (C=O) groups excluding carboxylic acids is 1. The smallest absolute Gasteiger partial charge is 0.290 e. The van der Waals surface area contributed by atoms with E-state index in [1.54, 1.807) is 0 Å². The Labute approximate surface area is 181 Å². The summed E-state index contributed by atoms with van der Waals surface area (Å²) >= 11 is 0. The highest BCUT2D eigenvalue weighted by atomic mass is 19.3. The van der Waals surface area contributed by atoms with Crippen molar-refractivity contribution in [3.63, 3.8) is 0 Å². The highest BCUT2D eigenvalue weighted by Gasteiger charge is 2.57. The van der Waals surface area contributed by atoms with Crippen LogP contribution in [-0.4, -0.2) is 72.6 Å². The van der Waals surface area contributed by atoms with Gasteiger partial charge in [-0.2, -0.15) is 13.8 Å². The van der Waals surface area contributed by atoms with E-state index in [-0.39, 0.29) is 18.0 Å². The summed E-state index contributed by atoms with van der Waals surface area (Å²) in [5.41, 5.74) is 0.578. The van der Waals surface area contributed by atoms with Crippen LogP contribution >= 0.6 is 0 Å². The first-order valence-electron chi connectivity index (χ1n) is 11.7. The summed E-state index contributed by atoms with van der Waals surface area (Å²) in [5.74, 6) is -0.0299. The molecule has 168 valence electrons. The Bertz CT molecular complexity index is 892. The Balaban J connectivity index is 1.18. The van der Waals surface area contributed by atoms with Crippen LogP contribution in [0, 0.1) is 17.8 Å². The maximum Gasteiger partial charge on any atom is 0.290 e. The lowest BCUT2D eigenvalue weighted by Gasteiger charge is -2.39. The van der Waals surface area contributed by atoms with Crippen molar-refractivity contribution in [3.8, 4) is 0 Å². The Morgan fingerprint density at radius 2 is 1.90 bits per heavy atom. The number of fused-ring (bicyclic) bond motifs is 2. The molecule has 9 heteroatoms. The lowest BCUT2D eigenvalue weighted by molar-refractivity contribution is -0.132. The fourth-order valence-electron chi connectivity index (χ4n) is 5.97. The highest BCUT2D eigenvalue weighted by Crippen LogP contribution is 2.55. The van der Waals surface area contributed by atoms with Crippen LogP contribution in [-0.2, 0) is 17.1 Å². The van der Waals surface area contributed by atoms with Gasteiger partial charge in [0.2, 0.25) is 11.9 Å². The summed E-state index contributed by atoms with van der Waals surface area (Å²) in [6, 6.07) is 0.299. The average molecular weight is 433 g/mol. The van der Waals surface area contributed by atoms with E-state index in [9.17, 15) is 13.6 Å². The molecule has 1 aromatic rings. The number of anilines is 2. The van der Waals surface area contributed by atoms with Gasteiger partial charge >= 0.3 is 0 Å². The van der Waals surface area contributed by atoms with E-state index >= 15 is 0 Å². The van der Waals surface area contributed by atoms with Crippen LogP contribution < -0.4 is 15.1 Å². The topological polar surface area (TPSA) is 64.6 Å². The fourth-order valence-corrected chi connectivity index (χ4v) is 5.97. The van der Waals surface area contributed by atoms with Gasteiger partial charge in [0.1, 0.15) is 11.5 Å². The Hall–Kier alpha value is -2.03. The van der Waals surface area contributed by atoms with Gasteiger partial charge in [0.15, 0.2) is 0 Å². The molecule has 3 aliphatic heterocycles. The first-order valence-corrected chi connectivity index (χ1v) is 11.7. The van der Waals surface area contributed by atoms with Crippen LogP contribution in [0.15, 0.2) is 0 Å². The molecule has 4 heterocycles. The zero-order valence-corrected chi connectivity index (χ0v) is 18.0. The van der Waals surface area contributed by atoms with Gasteiger partial charge in [0.05, 0.1) is 0 Å². The summed E-state index contributed by atoms with van der Waals surface area (Å²) in [5, 5.41) is 3.28. The van der Waals surface area contributed by atoms with Gasteiger partial charge in [-0.1, -0.05) is 0 Å². The van der Waals surface area contributed by atoms with E-state index in [1.807, 2.05) is 9.80 Å². The van der Waals surface area contributed by atoms with E-state index in [0.717, 1.165) is 58.1 Å². The molecule has 0 aromatic carbocycles. The average Bonchev–Trinajstić information content (AvgIpc) is 3.08. The number of nitrogens with one attached hydrogen (secondary N) is 1. The maximum absolute atomic E-state index is 14.6.